The molecule has 0 unspecified atom stereocenters. The van der Waals surface area contributed by atoms with Gasteiger partial charge in [-0.25, -0.2) is 17.2 Å². The number of sulfonamides is 1. The number of amides is 1. The Morgan fingerprint density at radius 2 is 1.93 bits per heavy atom. The topological polar surface area (TPSA) is 66.5 Å². The van der Waals surface area contributed by atoms with Gasteiger partial charge < -0.3 is 4.90 Å². The number of nitrogens with zero attached hydrogens (tertiary/aromatic N) is 1. The largest absolute Gasteiger partial charge is 0.333 e. The molecule has 0 fully saturated rings. The molecule has 2 aromatic carbocycles. The normalized spacial score (nSPS) is 12.4. The molecule has 1 amide bonds. The first-order valence-corrected chi connectivity index (χ1v) is 10.5. The van der Waals surface area contributed by atoms with E-state index in [-0.39, 0.29) is 18.7 Å². The summed E-state index contributed by atoms with van der Waals surface area (Å²) in [7, 11) is -4.25. The van der Waals surface area contributed by atoms with Crippen LogP contribution < -0.4 is 4.72 Å². The van der Waals surface area contributed by atoms with Gasteiger partial charge in [-0.05, 0) is 37.3 Å². The summed E-state index contributed by atoms with van der Waals surface area (Å²) in [6.07, 6.45) is 1.45. The van der Waals surface area contributed by atoms with E-state index in [1.807, 2.05) is 0 Å². The molecule has 1 N–H and O–H groups in total. The summed E-state index contributed by atoms with van der Waals surface area (Å²) in [6, 6.07) is 8.00. The highest BCUT2D eigenvalue weighted by atomic mass is 79.9. The minimum absolute atomic E-state index is 0.0799. The van der Waals surface area contributed by atoms with E-state index < -0.39 is 38.5 Å². The number of rotatable bonds is 8. The van der Waals surface area contributed by atoms with Gasteiger partial charge in [0.2, 0.25) is 15.9 Å². The second-order valence-electron chi connectivity index (χ2n) is 6.02. The van der Waals surface area contributed by atoms with Crippen LogP contribution in [-0.2, 0) is 21.4 Å². The maximum absolute atomic E-state index is 14.0. The Balaban J connectivity index is 2.21. The Hall–Kier alpha value is -2.10. The zero-order chi connectivity index (χ0) is 20.9. The predicted octanol–water partition coefficient (Wildman–Crippen LogP) is 3.61. The van der Waals surface area contributed by atoms with Gasteiger partial charge in [-0.2, -0.15) is 4.72 Å². The standard InChI is InChI=1S/C19H19BrF2N2O3S/c1-3-10-24(12-14-11-15(20)8-9-16(14)21)19(25)13(2)23-28(26,27)18-7-5-4-6-17(18)22/h3-9,11,13,23H,1,10,12H2,2H3/t13-/m0/s1. The van der Waals surface area contributed by atoms with E-state index >= 15 is 0 Å². The fourth-order valence-corrected chi connectivity index (χ4v) is 4.23. The fourth-order valence-electron chi connectivity index (χ4n) is 2.54. The number of carbonyl (C=O) groups excluding carboxylic acids is 1. The summed E-state index contributed by atoms with van der Waals surface area (Å²) in [5.41, 5.74) is 0.258. The van der Waals surface area contributed by atoms with Crippen molar-refractivity contribution in [3.63, 3.8) is 0 Å². The summed E-state index contributed by atoms with van der Waals surface area (Å²) in [6.45, 7) is 4.91. The molecular formula is C19H19BrF2N2O3S. The lowest BCUT2D eigenvalue weighted by atomic mass is 10.2. The Morgan fingerprint density at radius 1 is 1.25 bits per heavy atom. The number of benzene rings is 2. The molecule has 0 heterocycles. The smallest absolute Gasteiger partial charge is 0.244 e. The molecule has 0 saturated heterocycles. The highest BCUT2D eigenvalue weighted by Crippen LogP contribution is 2.18. The second-order valence-corrected chi connectivity index (χ2v) is 8.61. The SMILES string of the molecule is C=CCN(Cc1cc(Br)ccc1F)C(=O)[C@H](C)NS(=O)(=O)c1ccccc1F. The van der Waals surface area contributed by atoms with Crippen molar-refractivity contribution < 1.29 is 22.0 Å². The van der Waals surface area contributed by atoms with Crippen molar-refractivity contribution in [1.82, 2.24) is 9.62 Å². The highest BCUT2D eigenvalue weighted by Gasteiger charge is 2.27. The molecule has 2 rings (SSSR count). The average Bonchev–Trinajstić information content (AvgIpc) is 2.63. The van der Waals surface area contributed by atoms with Crippen LogP contribution in [0, 0.1) is 11.6 Å². The fraction of sp³-hybridized carbons (Fsp3) is 0.211. The van der Waals surface area contributed by atoms with Gasteiger partial charge in [0.05, 0.1) is 6.04 Å². The Kier molecular flexibility index (Phi) is 7.45. The van der Waals surface area contributed by atoms with E-state index in [4.69, 9.17) is 0 Å². The third-order valence-electron chi connectivity index (χ3n) is 3.86. The van der Waals surface area contributed by atoms with E-state index in [0.29, 0.717) is 4.47 Å². The van der Waals surface area contributed by atoms with Crippen molar-refractivity contribution in [3.05, 3.63) is 76.8 Å². The third-order valence-corrected chi connectivity index (χ3v) is 5.93. The molecule has 0 bridgehead atoms. The van der Waals surface area contributed by atoms with Crippen molar-refractivity contribution in [2.75, 3.05) is 6.54 Å². The molecule has 0 aliphatic heterocycles. The molecule has 1 atom stereocenters. The number of hydrogen-bond donors (Lipinski definition) is 1. The molecule has 5 nitrogen and oxygen atoms in total. The van der Waals surface area contributed by atoms with Gasteiger partial charge >= 0.3 is 0 Å². The quantitative estimate of drug-likeness (QED) is 0.596. The lowest BCUT2D eigenvalue weighted by Gasteiger charge is -2.25. The summed E-state index contributed by atoms with van der Waals surface area (Å²) in [5, 5.41) is 0. The van der Waals surface area contributed by atoms with Crippen molar-refractivity contribution in [1.29, 1.82) is 0 Å². The van der Waals surface area contributed by atoms with Crippen LogP contribution in [-0.4, -0.2) is 31.8 Å². The van der Waals surface area contributed by atoms with E-state index in [2.05, 4.69) is 27.2 Å². The van der Waals surface area contributed by atoms with E-state index in [0.717, 1.165) is 12.1 Å². The van der Waals surface area contributed by atoms with Gasteiger partial charge in [-0.3, -0.25) is 4.79 Å². The van der Waals surface area contributed by atoms with E-state index in [1.54, 1.807) is 0 Å². The van der Waals surface area contributed by atoms with Crippen LogP contribution in [0.2, 0.25) is 0 Å². The highest BCUT2D eigenvalue weighted by molar-refractivity contribution is 9.10. The summed E-state index contributed by atoms with van der Waals surface area (Å²) in [5.74, 6) is -2.02. The maximum Gasteiger partial charge on any atom is 0.244 e. The average molecular weight is 473 g/mol. The molecule has 150 valence electrons. The summed E-state index contributed by atoms with van der Waals surface area (Å²) >= 11 is 3.25. The first-order valence-electron chi connectivity index (χ1n) is 8.26. The van der Waals surface area contributed by atoms with Crippen LogP contribution in [0.3, 0.4) is 0 Å². The van der Waals surface area contributed by atoms with Crippen molar-refractivity contribution >= 4 is 31.9 Å². The van der Waals surface area contributed by atoms with Crippen molar-refractivity contribution in [2.24, 2.45) is 0 Å². The molecule has 9 heteroatoms. The van der Waals surface area contributed by atoms with Crippen LogP contribution >= 0.6 is 15.9 Å². The first-order chi connectivity index (χ1) is 13.2. The molecule has 0 aliphatic carbocycles. The molecule has 0 spiro atoms. The van der Waals surface area contributed by atoms with Crippen molar-refractivity contribution in [2.45, 2.75) is 24.4 Å². The molecule has 2 aromatic rings. The van der Waals surface area contributed by atoms with Crippen LogP contribution in [0.25, 0.3) is 0 Å². The van der Waals surface area contributed by atoms with Gasteiger partial charge in [-0.15, -0.1) is 6.58 Å². The van der Waals surface area contributed by atoms with Crippen LogP contribution in [0.5, 0.6) is 0 Å². The number of nitrogens with one attached hydrogen (secondary N) is 1. The maximum atomic E-state index is 14.0. The lowest BCUT2D eigenvalue weighted by Crippen LogP contribution is -2.46. The number of halogens is 3. The van der Waals surface area contributed by atoms with E-state index in [9.17, 15) is 22.0 Å². The number of carbonyl (C=O) groups is 1. The molecule has 0 aliphatic rings. The van der Waals surface area contributed by atoms with Crippen LogP contribution in [0.1, 0.15) is 12.5 Å². The zero-order valence-corrected chi connectivity index (χ0v) is 17.4. The predicted molar refractivity (Wildman–Crippen MR) is 106 cm³/mol. The lowest BCUT2D eigenvalue weighted by molar-refractivity contribution is -0.132. The molecule has 0 saturated carbocycles. The van der Waals surface area contributed by atoms with Crippen LogP contribution in [0.15, 0.2) is 64.5 Å². The van der Waals surface area contributed by atoms with E-state index in [1.165, 1.54) is 48.2 Å². The summed E-state index contributed by atoms with van der Waals surface area (Å²) in [4.78, 5) is 13.5. The second kappa shape index (κ2) is 9.40. The summed E-state index contributed by atoms with van der Waals surface area (Å²) < 4.78 is 55.4. The van der Waals surface area contributed by atoms with Gasteiger partial charge in [-0.1, -0.05) is 34.1 Å². The molecule has 28 heavy (non-hydrogen) atoms. The molecule has 0 radical (unpaired) electrons. The monoisotopic (exact) mass is 472 g/mol. The van der Waals surface area contributed by atoms with Crippen molar-refractivity contribution in [3.8, 4) is 0 Å². The Bertz CT molecular complexity index is 983. The minimum Gasteiger partial charge on any atom is -0.333 e. The zero-order valence-electron chi connectivity index (χ0n) is 15.0. The van der Waals surface area contributed by atoms with Crippen LogP contribution in [0.4, 0.5) is 8.78 Å². The van der Waals surface area contributed by atoms with Gasteiger partial charge in [0.1, 0.15) is 16.5 Å². The first kappa shape index (κ1) is 22.2. The third kappa shape index (κ3) is 5.46. The van der Waals surface area contributed by atoms with Gasteiger partial charge in [0, 0.05) is 23.1 Å². The minimum atomic E-state index is -4.25. The number of hydrogen-bond acceptors (Lipinski definition) is 3. The molecular weight excluding hydrogens is 454 g/mol. The molecule has 0 aromatic heterocycles. The van der Waals surface area contributed by atoms with Gasteiger partial charge in [0.15, 0.2) is 0 Å². The van der Waals surface area contributed by atoms with Gasteiger partial charge in [0.25, 0.3) is 0 Å². The Labute approximate surface area is 171 Å². The Morgan fingerprint density at radius 3 is 2.57 bits per heavy atom.